The van der Waals surface area contributed by atoms with E-state index in [9.17, 15) is 13.2 Å². The van der Waals surface area contributed by atoms with Gasteiger partial charge in [0.25, 0.3) is 0 Å². The highest BCUT2D eigenvalue weighted by molar-refractivity contribution is 7.89. The van der Waals surface area contributed by atoms with E-state index in [0.29, 0.717) is 18.8 Å². The zero-order chi connectivity index (χ0) is 18.0. The summed E-state index contributed by atoms with van der Waals surface area (Å²) in [5.41, 5.74) is -0.343. The largest absolute Gasteiger partial charge is 0.488 e. The van der Waals surface area contributed by atoms with Crippen LogP contribution in [0.5, 0.6) is 5.75 Å². The smallest absolute Gasteiger partial charge is 0.409 e. The van der Waals surface area contributed by atoms with Crippen LogP contribution in [-0.4, -0.2) is 62.6 Å². The minimum Gasteiger partial charge on any atom is -0.488 e. The van der Waals surface area contributed by atoms with Crippen LogP contribution >= 0.6 is 0 Å². The van der Waals surface area contributed by atoms with Gasteiger partial charge < -0.3 is 14.4 Å². The quantitative estimate of drug-likeness (QED) is 0.827. The number of rotatable bonds is 3. The van der Waals surface area contributed by atoms with E-state index in [1.807, 2.05) is 20.8 Å². The molecule has 1 aromatic rings. The molecule has 0 N–H and O–H groups in total. The highest BCUT2D eigenvalue weighted by atomic mass is 32.2. The minimum atomic E-state index is -3.58. The third-order valence-electron chi connectivity index (χ3n) is 3.56. The number of hydrogen-bond donors (Lipinski definition) is 0. The van der Waals surface area contributed by atoms with Gasteiger partial charge in [-0.3, -0.25) is 0 Å². The first-order valence-electron chi connectivity index (χ1n) is 7.75. The van der Waals surface area contributed by atoms with E-state index in [4.69, 9.17) is 4.74 Å². The van der Waals surface area contributed by atoms with Crippen molar-refractivity contribution >= 4 is 16.1 Å². The first-order chi connectivity index (χ1) is 11.1. The zero-order valence-electron chi connectivity index (χ0n) is 14.5. The Labute approximate surface area is 143 Å². The van der Waals surface area contributed by atoms with Gasteiger partial charge in [0.15, 0.2) is 0 Å². The molecule has 2 rings (SSSR count). The van der Waals surface area contributed by atoms with Crippen LogP contribution in [0.3, 0.4) is 0 Å². The fourth-order valence-electron chi connectivity index (χ4n) is 2.42. The average Bonchev–Trinajstić information content (AvgIpc) is 2.53. The van der Waals surface area contributed by atoms with Crippen LogP contribution in [0, 0.1) is 0 Å². The Morgan fingerprint density at radius 1 is 1.04 bits per heavy atom. The van der Waals surface area contributed by atoms with E-state index in [0.717, 1.165) is 0 Å². The van der Waals surface area contributed by atoms with Gasteiger partial charge in [0.05, 0.1) is 12.0 Å². The molecule has 0 radical (unpaired) electrons. The van der Waals surface area contributed by atoms with Crippen molar-refractivity contribution in [1.29, 1.82) is 0 Å². The van der Waals surface area contributed by atoms with Crippen LogP contribution < -0.4 is 4.74 Å². The standard InChI is InChI=1S/C16H24N2O5S/c1-16(2,3)23-13-5-7-14(8-6-13)24(20,21)18-11-9-17(10-12-18)15(19)22-4/h5-8H,9-12H2,1-4H3. The molecule has 0 bridgehead atoms. The van der Waals surface area contributed by atoms with Gasteiger partial charge in [0, 0.05) is 26.2 Å². The van der Waals surface area contributed by atoms with Gasteiger partial charge in [-0.05, 0) is 45.0 Å². The highest BCUT2D eigenvalue weighted by Gasteiger charge is 2.30. The van der Waals surface area contributed by atoms with E-state index in [1.54, 1.807) is 24.3 Å². The lowest BCUT2D eigenvalue weighted by Gasteiger charge is -2.33. The lowest BCUT2D eigenvalue weighted by Crippen LogP contribution is -2.50. The number of sulfonamides is 1. The molecule has 1 aliphatic rings. The van der Waals surface area contributed by atoms with Crippen molar-refractivity contribution in [3.8, 4) is 5.75 Å². The van der Waals surface area contributed by atoms with Gasteiger partial charge in [0.1, 0.15) is 11.4 Å². The van der Waals surface area contributed by atoms with Crippen molar-refractivity contribution in [1.82, 2.24) is 9.21 Å². The first kappa shape index (κ1) is 18.5. The van der Waals surface area contributed by atoms with Crippen LogP contribution in [0.25, 0.3) is 0 Å². The molecule has 1 aliphatic heterocycles. The van der Waals surface area contributed by atoms with Gasteiger partial charge in [-0.2, -0.15) is 4.31 Å². The number of methoxy groups -OCH3 is 1. The molecule has 1 aromatic carbocycles. The second-order valence-corrected chi connectivity index (χ2v) is 8.48. The van der Waals surface area contributed by atoms with E-state index in [-0.39, 0.29) is 23.6 Å². The molecule has 0 saturated carbocycles. The topological polar surface area (TPSA) is 76.2 Å². The molecule has 1 heterocycles. The molecule has 7 nitrogen and oxygen atoms in total. The Balaban J connectivity index is 2.07. The number of ether oxygens (including phenoxy) is 2. The first-order valence-corrected chi connectivity index (χ1v) is 9.19. The highest BCUT2D eigenvalue weighted by Crippen LogP contribution is 2.23. The zero-order valence-corrected chi connectivity index (χ0v) is 15.3. The van der Waals surface area contributed by atoms with Crippen LogP contribution in [0.4, 0.5) is 4.79 Å². The van der Waals surface area contributed by atoms with Gasteiger partial charge in [-0.25, -0.2) is 13.2 Å². The fraction of sp³-hybridized carbons (Fsp3) is 0.562. The molecule has 0 aliphatic carbocycles. The van der Waals surface area contributed by atoms with Crippen molar-refractivity contribution in [2.75, 3.05) is 33.3 Å². The Bertz CT molecular complexity index is 671. The predicted octanol–water partition coefficient (Wildman–Crippen LogP) is 1.94. The average molecular weight is 356 g/mol. The number of benzene rings is 1. The summed E-state index contributed by atoms with van der Waals surface area (Å²) in [6.45, 7) is 6.92. The van der Waals surface area contributed by atoms with Gasteiger partial charge >= 0.3 is 6.09 Å². The maximum Gasteiger partial charge on any atom is 0.409 e. The summed E-state index contributed by atoms with van der Waals surface area (Å²) in [5.74, 6) is 0.622. The molecule has 1 amide bonds. The second-order valence-electron chi connectivity index (χ2n) is 6.55. The minimum absolute atomic E-state index is 0.218. The molecular weight excluding hydrogens is 332 g/mol. The van der Waals surface area contributed by atoms with E-state index >= 15 is 0 Å². The number of amides is 1. The van der Waals surface area contributed by atoms with E-state index in [2.05, 4.69) is 4.74 Å². The molecule has 0 atom stereocenters. The number of hydrogen-bond acceptors (Lipinski definition) is 5. The van der Waals surface area contributed by atoms with Crippen molar-refractivity contribution in [3.05, 3.63) is 24.3 Å². The SMILES string of the molecule is COC(=O)N1CCN(S(=O)(=O)c2ccc(OC(C)(C)C)cc2)CC1. The normalized spacial score (nSPS) is 16.8. The van der Waals surface area contributed by atoms with Crippen molar-refractivity contribution in [2.24, 2.45) is 0 Å². The monoisotopic (exact) mass is 356 g/mol. The Morgan fingerprint density at radius 3 is 2.04 bits per heavy atom. The van der Waals surface area contributed by atoms with Gasteiger partial charge in [-0.1, -0.05) is 0 Å². The van der Waals surface area contributed by atoms with Gasteiger partial charge in [-0.15, -0.1) is 0 Å². The summed E-state index contributed by atoms with van der Waals surface area (Å²) >= 11 is 0. The fourth-order valence-corrected chi connectivity index (χ4v) is 3.84. The van der Waals surface area contributed by atoms with Gasteiger partial charge in [0.2, 0.25) is 10.0 Å². The second kappa shape index (κ2) is 6.98. The molecule has 1 fully saturated rings. The lowest BCUT2D eigenvalue weighted by molar-refractivity contribution is 0.108. The van der Waals surface area contributed by atoms with Crippen molar-refractivity contribution in [3.63, 3.8) is 0 Å². The van der Waals surface area contributed by atoms with Crippen molar-refractivity contribution < 1.29 is 22.7 Å². The Morgan fingerprint density at radius 2 is 1.58 bits per heavy atom. The molecule has 0 unspecified atom stereocenters. The van der Waals surface area contributed by atoms with Crippen LogP contribution in [0.15, 0.2) is 29.2 Å². The predicted molar refractivity (Wildman–Crippen MR) is 89.6 cm³/mol. The molecule has 24 heavy (non-hydrogen) atoms. The molecule has 1 saturated heterocycles. The summed E-state index contributed by atoms with van der Waals surface area (Å²) in [6, 6.07) is 6.40. The van der Waals surface area contributed by atoms with Crippen LogP contribution in [0.1, 0.15) is 20.8 Å². The van der Waals surface area contributed by atoms with Crippen molar-refractivity contribution in [2.45, 2.75) is 31.3 Å². The summed E-state index contributed by atoms with van der Waals surface area (Å²) in [4.78, 5) is 13.2. The third-order valence-corrected chi connectivity index (χ3v) is 5.47. The Kier molecular flexibility index (Phi) is 5.39. The third kappa shape index (κ3) is 4.39. The molecule has 0 spiro atoms. The Hall–Kier alpha value is -1.80. The molecule has 8 heteroatoms. The molecule has 134 valence electrons. The summed E-state index contributed by atoms with van der Waals surface area (Å²) in [7, 11) is -2.27. The molecular formula is C16H24N2O5S. The molecule has 0 aromatic heterocycles. The lowest BCUT2D eigenvalue weighted by atomic mass is 10.2. The maximum atomic E-state index is 12.7. The number of carbonyl (C=O) groups is 1. The summed E-state index contributed by atoms with van der Waals surface area (Å²) < 4.78 is 37.1. The number of carbonyl (C=O) groups excluding carboxylic acids is 1. The maximum absolute atomic E-state index is 12.7. The van der Waals surface area contributed by atoms with Crippen LogP contribution in [-0.2, 0) is 14.8 Å². The van der Waals surface area contributed by atoms with Crippen LogP contribution in [0.2, 0.25) is 0 Å². The number of piperazine rings is 1. The van der Waals surface area contributed by atoms with E-state index < -0.39 is 16.1 Å². The van der Waals surface area contributed by atoms with E-state index in [1.165, 1.54) is 16.3 Å². The summed E-state index contributed by atoms with van der Waals surface area (Å²) in [5, 5.41) is 0. The summed E-state index contributed by atoms with van der Waals surface area (Å²) in [6.07, 6.45) is -0.435. The number of nitrogens with zero attached hydrogens (tertiary/aromatic N) is 2.